The van der Waals surface area contributed by atoms with E-state index in [1.807, 2.05) is 11.8 Å². The van der Waals surface area contributed by atoms with Crippen LogP contribution in [0.4, 0.5) is 5.69 Å². The lowest BCUT2D eigenvalue weighted by molar-refractivity contribution is 0.377. The van der Waals surface area contributed by atoms with Crippen LogP contribution in [-0.2, 0) is 0 Å². The third-order valence-corrected chi connectivity index (χ3v) is 7.51. The summed E-state index contributed by atoms with van der Waals surface area (Å²) in [7, 11) is 0. The molecule has 0 bridgehead atoms. The van der Waals surface area contributed by atoms with E-state index in [1.54, 1.807) is 0 Å². The summed E-state index contributed by atoms with van der Waals surface area (Å²) in [5.74, 6) is 0.244. The zero-order chi connectivity index (χ0) is 20.2. The van der Waals surface area contributed by atoms with Gasteiger partial charge in [-0.3, -0.25) is 4.99 Å². The zero-order valence-electron chi connectivity index (χ0n) is 17.0. The van der Waals surface area contributed by atoms with Gasteiger partial charge in [0, 0.05) is 21.5 Å². The Balaban J connectivity index is 1.84. The highest BCUT2D eigenvalue weighted by molar-refractivity contribution is 9.10. The highest BCUT2D eigenvalue weighted by Crippen LogP contribution is 2.53. The molecule has 29 heavy (non-hydrogen) atoms. The SMILES string of the molecule is CSC1=C2C(=Nc3c(ccc4ccccc34)C2c2ccc(Br)cc2)CC(C)(C)C1. The van der Waals surface area contributed by atoms with Crippen LogP contribution in [0.5, 0.6) is 0 Å². The van der Waals surface area contributed by atoms with Crippen LogP contribution in [0.3, 0.4) is 0 Å². The van der Waals surface area contributed by atoms with Gasteiger partial charge in [-0.25, -0.2) is 0 Å². The fraction of sp³-hybridized carbons (Fsp3) is 0.269. The van der Waals surface area contributed by atoms with Gasteiger partial charge in [0.25, 0.3) is 0 Å². The molecule has 0 saturated heterocycles. The van der Waals surface area contributed by atoms with Crippen molar-refractivity contribution in [3.63, 3.8) is 0 Å². The number of nitrogens with zero attached hydrogens (tertiary/aromatic N) is 1. The molecule has 0 radical (unpaired) electrons. The first-order valence-electron chi connectivity index (χ1n) is 10.1. The van der Waals surface area contributed by atoms with Crippen LogP contribution >= 0.6 is 27.7 Å². The maximum Gasteiger partial charge on any atom is 0.0753 e. The van der Waals surface area contributed by atoms with Crippen molar-refractivity contribution in [2.24, 2.45) is 10.4 Å². The number of hydrogen-bond acceptors (Lipinski definition) is 2. The highest BCUT2D eigenvalue weighted by Gasteiger charge is 2.39. The van der Waals surface area contributed by atoms with E-state index in [1.165, 1.54) is 38.1 Å². The number of halogens is 1. The Morgan fingerprint density at radius 3 is 2.48 bits per heavy atom. The van der Waals surface area contributed by atoms with Gasteiger partial charge in [-0.05, 0) is 63.6 Å². The summed E-state index contributed by atoms with van der Waals surface area (Å²) in [5, 5.41) is 2.52. The predicted octanol–water partition coefficient (Wildman–Crippen LogP) is 8.26. The maximum atomic E-state index is 5.32. The molecule has 0 saturated carbocycles. The summed E-state index contributed by atoms with van der Waals surface area (Å²) in [4.78, 5) is 6.81. The number of benzene rings is 3. The number of rotatable bonds is 2. The molecular formula is C26H24BrNS. The van der Waals surface area contributed by atoms with Crippen LogP contribution < -0.4 is 0 Å². The number of aliphatic imine (C=N–C) groups is 1. The Kier molecular flexibility index (Phi) is 4.71. The zero-order valence-corrected chi connectivity index (χ0v) is 19.4. The first-order chi connectivity index (χ1) is 14.0. The molecule has 0 N–H and O–H groups in total. The fourth-order valence-corrected chi connectivity index (χ4v) is 6.09. The van der Waals surface area contributed by atoms with Crippen molar-refractivity contribution < 1.29 is 0 Å². The van der Waals surface area contributed by atoms with Crippen molar-refractivity contribution >= 4 is 49.9 Å². The molecule has 1 heterocycles. The molecule has 5 rings (SSSR count). The smallest absolute Gasteiger partial charge is 0.0753 e. The molecule has 3 heteroatoms. The van der Waals surface area contributed by atoms with Crippen molar-refractivity contribution in [3.8, 4) is 0 Å². The number of thioether (sulfide) groups is 1. The van der Waals surface area contributed by atoms with Crippen LogP contribution in [0.2, 0.25) is 0 Å². The van der Waals surface area contributed by atoms with E-state index in [0.717, 1.165) is 23.0 Å². The third-order valence-electron chi connectivity index (χ3n) is 6.12. The summed E-state index contributed by atoms with van der Waals surface area (Å²) in [6, 6.07) is 22.0. The Labute approximate surface area is 185 Å². The van der Waals surface area contributed by atoms with Crippen molar-refractivity contribution in [2.75, 3.05) is 6.26 Å². The molecule has 3 aromatic carbocycles. The van der Waals surface area contributed by atoms with E-state index >= 15 is 0 Å². The molecule has 1 aliphatic carbocycles. The molecule has 1 aliphatic heterocycles. The van der Waals surface area contributed by atoms with E-state index in [2.05, 4.69) is 96.7 Å². The number of fused-ring (bicyclic) bond motifs is 4. The Bertz CT molecular complexity index is 1170. The molecule has 2 aliphatic rings. The van der Waals surface area contributed by atoms with Crippen LogP contribution in [0.1, 0.15) is 43.7 Å². The largest absolute Gasteiger partial charge is 0.252 e. The quantitative estimate of drug-likeness (QED) is 0.373. The molecule has 0 fully saturated rings. The third kappa shape index (κ3) is 3.29. The monoisotopic (exact) mass is 461 g/mol. The van der Waals surface area contributed by atoms with E-state index in [4.69, 9.17) is 4.99 Å². The maximum absolute atomic E-state index is 5.32. The van der Waals surface area contributed by atoms with Crippen molar-refractivity contribution in [2.45, 2.75) is 32.6 Å². The van der Waals surface area contributed by atoms with Gasteiger partial charge in [0.05, 0.1) is 5.69 Å². The first-order valence-corrected chi connectivity index (χ1v) is 12.1. The van der Waals surface area contributed by atoms with Gasteiger partial charge in [0.15, 0.2) is 0 Å². The van der Waals surface area contributed by atoms with E-state index in [0.29, 0.717) is 0 Å². The Morgan fingerprint density at radius 2 is 1.72 bits per heavy atom. The minimum Gasteiger partial charge on any atom is -0.252 e. The standard InChI is InChI=1S/C26H24BrNS/c1-26(2)14-21-24(22(15-26)29-3)23(17-8-11-18(27)12-9-17)20-13-10-16-6-4-5-7-19(16)25(20)28-21/h4-13,23H,14-15H2,1-3H3. The van der Waals surface area contributed by atoms with Crippen LogP contribution in [0.15, 0.2) is 80.6 Å². The highest BCUT2D eigenvalue weighted by atomic mass is 79.9. The second-order valence-corrected chi connectivity index (χ2v) is 10.6. The molecule has 3 aromatic rings. The lowest BCUT2D eigenvalue weighted by atomic mass is 9.69. The average Bonchev–Trinajstić information content (AvgIpc) is 2.71. The lowest BCUT2D eigenvalue weighted by Crippen LogP contribution is -2.30. The molecule has 0 spiro atoms. The molecule has 1 nitrogen and oxygen atoms in total. The second-order valence-electron chi connectivity index (χ2n) is 8.83. The van der Waals surface area contributed by atoms with Crippen molar-refractivity contribution in [1.82, 2.24) is 0 Å². The van der Waals surface area contributed by atoms with Crippen molar-refractivity contribution in [3.05, 3.63) is 86.7 Å². The normalized spacial score (nSPS) is 20.3. The predicted molar refractivity (Wildman–Crippen MR) is 131 cm³/mol. The summed E-state index contributed by atoms with van der Waals surface area (Å²) >= 11 is 5.51. The molecular weight excluding hydrogens is 438 g/mol. The molecule has 1 unspecified atom stereocenters. The minimum atomic E-state index is 0.243. The van der Waals surface area contributed by atoms with Crippen LogP contribution in [-0.4, -0.2) is 12.0 Å². The first kappa shape index (κ1) is 19.1. The van der Waals surface area contributed by atoms with Gasteiger partial charge in [-0.2, -0.15) is 0 Å². The lowest BCUT2D eigenvalue weighted by Gasteiger charge is -2.39. The van der Waals surface area contributed by atoms with E-state index < -0.39 is 0 Å². The van der Waals surface area contributed by atoms with Gasteiger partial charge in [0.2, 0.25) is 0 Å². The van der Waals surface area contributed by atoms with Gasteiger partial charge in [-0.1, -0.05) is 78.3 Å². The van der Waals surface area contributed by atoms with Gasteiger partial charge in [0.1, 0.15) is 0 Å². The molecule has 1 atom stereocenters. The van der Waals surface area contributed by atoms with Crippen LogP contribution in [0, 0.1) is 5.41 Å². The number of hydrogen-bond donors (Lipinski definition) is 0. The topological polar surface area (TPSA) is 12.4 Å². The Hall–Kier alpha value is -1.84. The molecule has 146 valence electrons. The number of allylic oxidation sites excluding steroid dienone is 2. The van der Waals surface area contributed by atoms with Crippen LogP contribution in [0.25, 0.3) is 10.8 Å². The van der Waals surface area contributed by atoms with Crippen molar-refractivity contribution in [1.29, 1.82) is 0 Å². The Morgan fingerprint density at radius 1 is 0.966 bits per heavy atom. The average molecular weight is 462 g/mol. The van der Waals surface area contributed by atoms with Gasteiger partial charge in [-0.15, -0.1) is 11.8 Å². The second kappa shape index (κ2) is 7.14. The summed E-state index contributed by atoms with van der Waals surface area (Å²) < 4.78 is 1.12. The van der Waals surface area contributed by atoms with E-state index in [-0.39, 0.29) is 11.3 Å². The van der Waals surface area contributed by atoms with E-state index in [9.17, 15) is 0 Å². The molecule has 0 aromatic heterocycles. The summed E-state index contributed by atoms with van der Waals surface area (Å²) in [6.45, 7) is 4.74. The van der Waals surface area contributed by atoms with Gasteiger partial charge >= 0.3 is 0 Å². The summed E-state index contributed by atoms with van der Waals surface area (Å²) in [5.41, 5.74) is 6.80. The molecule has 0 amide bonds. The fourth-order valence-electron chi connectivity index (χ4n) is 4.83. The van der Waals surface area contributed by atoms with Gasteiger partial charge < -0.3 is 0 Å². The summed E-state index contributed by atoms with van der Waals surface area (Å²) in [6.07, 6.45) is 4.37. The minimum absolute atomic E-state index is 0.243.